The van der Waals surface area contributed by atoms with E-state index in [1.165, 1.54) is 18.3 Å². The van der Waals surface area contributed by atoms with Gasteiger partial charge in [-0.2, -0.15) is 0 Å². The first kappa shape index (κ1) is 9.91. The molecule has 2 heterocycles. The summed E-state index contributed by atoms with van der Waals surface area (Å²) in [4.78, 5) is 4.37. The summed E-state index contributed by atoms with van der Waals surface area (Å²) >= 11 is 0. The maximum atomic E-state index is 8.74. The summed E-state index contributed by atoms with van der Waals surface area (Å²) in [7, 11) is 0. The van der Waals surface area contributed by atoms with Crippen molar-refractivity contribution in [1.82, 2.24) is 4.98 Å². The number of hydrogen-bond donors (Lipinski definition) is 0. The Labute approximate surface area is 166 Å². The molecule has 0 atom stereocenters. The molecule has 0 saturated heterocycles. The second kappa shape index (κ2) is 5.98. The standard InChI is InChI=1S/C24H25NO/c1-15-9-10-18-19-7-6-8-20(23(19)26-22(18)11-15)21-12-17(13-24(3,4)5)16(2)14-25-21/h6-12,14H,13H2,1-5H3/i1D3,2D3,13D2. The molecule has 4 rings (SSSR count). The van der Waals surface area contributed by atoms with Gasteiger partial charge in [-0.25, -0.2) is 0 Å². The van der Waals surface area contributed by atoms with Gasteiger partial charge in [0.25, 0.3) is 0 Å². The van der Waals surface area contributed by atoms with Crippen LogP contribution in [0.4, 0.5) is 0 Å². The Morgan fingerprint density at radius 3 is 2.73 bits per heavy atom. The van der Waals surface area contributed by atoms with Gasteiger partial charge in [0.1, 0.15) is 11.2 Å². The highest BCUT2D eigenvalue weighted by atomic mass is 16.3. The number of fused-ring (bicyclic) bond motifs is 3. The van der Waals surface area contributed by atoms with Crippen LogP contribution in [-0.2, 0) is 6.37 Å². The number of furan rings is 1. The molecule has 0 unspecified atom stereocenters. The van der Waals surface area contributed by atoms with Gasteiger partial charge in [-0.1, -0.05) is 45.0 Å². The van der Waals surface area contributed by atoms with E-state index in [1.807, 2.05) is 12.1 Å². The van der Waals surface area contributed by atoms with E-state index in [4.69, 9.17) is 15.4 Å². The van der Waals surface area contributed by atoms with Crippen molar-refractivity contribution >= 4 is 21.9 Å². The smallest absolute Gasteiger partial charge is 0.144 e. The van der Waals surface area contributed by atoms with Crippen LogP contribution in [0.15, 0.2) is 53.1 Å². The largest absolute Gasteiger partial charge is 0.455 e. The molecule has 0 saturated carbocycles. The van der Waals surface area contributed by atoms with E-state index in [1.54, 1.807) is 39.0 Å². The third-order valence-corrected chi connectivity index (χ3v) is 4.19. The zero-order chi connectivity index (χ0) is 25.3. The number of benzene rings is 2. The van der Waals surface area contributed by atoms with Crippen molar-refractivity contribution in [1.29, 1.82) is 0 Å². The molecule has 0 amide bonds. The maximum Gasteiger partial charge on any atom is 0.144 e. The number of pyridine rings is 1. The summed E-state index contributed by atoms with van der Waals surface area (Å²) in [5, 5.41) is 1.50. The molecular formula is C24H25NO. The average molecular weight is 352 g/mol. The lowest BCUT2D eigenvalue weighted by Gasteiger charge is -2.20. The van der Waals surface area contributed by atoms with Crippen molar-refractivity contribution in [2.45, 2.75) is 40.8 Å². The molecule has 2 aromatic carbocycles. The highest BCUT2D eigenvalue weighted by molar-refractivity contribution is 6.09. The lowest BCUT2D eigenvalue weighted by Crippen LogP contribution is -2.10. The SMILES string of the molecule is [2H]C([2H])([2H])c1ccc2c(c1)oc1c(-c3cc(C([2H])([2H])C(C)(C)C)c(C([2H])([2H])[2H])cn3)cccc12. The molecule has 132 valence electrons. The number of para-hydroxylation sites is 1. The van der Waals surface area contributed by atoms with Crippen LogP contribution in [0, 0.1) is 19.1 Å². The van der Waals surface area contributed by atoms with Crippen LogP contribution in [-0.4, -0.2) is 4.98 Å². The lowest BCUT2D eigenvalue weighted by atomic mass is 9.86. The first-order valence-corrected chi connectivity index (χ1v) is 8.49. The number of nitrogens with zero attached hydrogens (tertiary/aromatic N) is 1. The van der Waals surface area contributed by atoms with Crippen LogP contribution < -0.4 is 0 Å². The van der Waals surface area contributed by atoms with Crippen LogP contribution in [0.3, 0.4) is 0 Å². The summed E-state index contributed by atoms with van der Waals surface area (Å²) < 4.78 is 70.3. The van der Waals surface area contributed by atoms with Gasteiger partial charge in [-0.05, 0) is 60.4 Å². The van der Waals surface area contributed by atoms with Crippen LogP contribution in [0.1, 0.15) is 48.4 Å². The Morgan fingerprint density at radius 2 is 1.96 bits per heavy atom. The second-order valence-electron chi connectivity index (χ2n) is 7.49. The molecule has 0 N–H and O–H groups in total. The first-order valence-electron chi connectivity index (χ1n) is 12.5. The summed E-state index contributed by atoms with van der Waals surface area (Å²) in [5.41, 5.74) is 1.04. The monoisotopic (exact) mass is 351 g/mol. The van der Waals surface area contributed by atoms with E-state index >= 15 is 0 Å². The Morgan fingerprint density at radius 1 is 1.08 bits per heavy atom. The van der Waals surface area contributed by atoms with Crippen molar-refractivity contribution in [3.63, 3.8) is 0 Å². The highest BCUT2D eigenvalue weighted by Crippen LogP contribution is 2.36. The van der Waals surface area contributed by atoms with E-state index in [0.29, 0.717) is 22.4 Å². The van der Waals surface area contributed by atoms with Crippen molar-refractivity contribution in [3.8, 4) is 11.3 Å². The van der Waals surface area contributed by atoms with E-state index < -0.39 is 25.5 Å². The quantitative estimate of drug-likeness (QED) is 0.394. The molecule has 0 aliphatic rings. The minimum absolute atomic E-state index is 0.0582. The normalized spacial score (nSPS) is 18.3. The second-order valence-corrected chi connectivity index (χ2v) is 7.49. The predicted octanol–water partition coefficient (Wildman–Crippen LogP) is 6.85. The van der Waals surface area contributed by atoms with Gasteiger partial charge >= 0.3 is 0 Å². The van der Waals surface area contributed by atoms with E-state index in [2.05, 4.69) is 4.98 Å². The topological polar surface area (TPSA) is 26.0 Å². The van der Waals surface area contributed by atoms with Gasteiger partial charge in [-0.3, -0.25) is 4.98 Å². The predicted molar refractivity (Wildman–Crippen MR) is 110 cm³/mol. The van der Waals surface area contributed by atoms with Gasteiger partial charge in [0.15, 0.2) is 0 Å². The van der Waals surface area contributed by atoms with Crippen molar-refractivity contribution in [2.75, 3.05) is 0 Å². The van der Waals surface area contributed by atoms with E-state index in [9.17, 15) is 0 Å². The fourth-order valence-electron chi connectivity index (χ4n) is 3.11. The van der Waals surface area contributed by atoms with Crippen LogP contribution in [0.5, 0.6) is 0 Å². The minimum atomic E-state index is -2.53. The van der Waals surface area contributed by atoms with Crippen LogP contribution in [0.2, 0.25) is 0 Å². The van der Waals surface area contributed by atoms with Gasteiger partial charge in [0, 0.05) is 33.5 Å². The van der Waals surface area contributed by atoms with Crippen molar-refractivity contribution in [2.24, 2.45) is 5.41 Å². The third-order valence-electron chi connectivity index (χ3n) is 4.19. The molecule has 0 bridgehead atoms. The highest BCUT2D eigenvalue weighted by Gasteiger charge is 2.17. The van der Waals surface area contributed by atoms with E-state index in [-0.39, 0.29) is 16.7 Å². The summed E-state index contributed by atoms with van der Waals surface area (Å²) in [6.45, 7) is 0.364. The molecule has 2 heteroatoms. The molecule has 26 heavy (non-hydrogen) atoms. The number of hydrogen-bond acceptors (Lipinski definition) is 2. The fraction of sp³-hybridized carbons (Fsp3) is 0.292. The van der Waals surface area contributed by atoms with Gasteiger partial charge in [-0.15, -0.1) is 0 Å². The fourth-order valence-corrected chi connectivity index (χ4v) is 3.11. The lowest BCUT2D eigenvalue weighted by molar-refractivity contribution is 0.410. The molecule has 0 aliphatic carbocycles. The maximum absolute atomic E-state index is 8.74. The summed E-state index contributed by atoms with van der Waals surface area (Å²) in [5.74, 6) is 0. The average Bonchev–Trinajstić information content (AvgIpc) is 3.09. The molecule has 0 spiro atoms. The zero-order valence-electron chi connectivity index (χ0n) is 23.0. The number of aromatic nitrogens is 1. The number of aryl methyl sites for hydroxylation is 2. The molecule has 0 fully saturated rings. The molecular weight excluding hydrogens is 318 g/mol. The minimum Gasteiger partial charge on any atom is -0.455 e. The van der Waals surface area contributed by atoms with Gasteiger partial charge < -0.3 is 4.42 Å². The first-order chi connectivity index (χ1) is 15.5. The van der Waals surface area contributed by atoms with Crippen molar-refractivity contribution < 1.29 is 15.4 Å². The number of rotatable bonds is 2. The third kappa shape index (κ3) is 3.01. The van der Waals surface area contributed by atoms with Crippen molar-refractivity contribution in [3.05, 3.63) is 65.4 Å². The Hall–Kier alpha value is -2.61. The Kier molecular flexibility index (Phi) is 2.28. The molecule has 4 aromatic rings. The molecule has 0 radical (unpaired) electrons. The summed E-state index contributed by atoms with van der Waals surface area (Å²) in [6, 6.07) is 11.7. The Balaban J connectivity index is 1.98. The zero-order valence-corrected chi connectivity index (χ0v) is 15.0. The van der Waals surface area contributed by atoms with Crippen LogP contribution in [0.25, 0.3) is 33.2 Å². The van der Waals surface area contributed by atoms with Gasteiger partial charge in [0.2, 0.25) is 0 Å². The van der Waals surface area contributed by atoms with Gasteiger partial charge in [0.05, 0.1) is 5.69 Å². The summed E-state index contributed by atoms with van der Waals surface area (Å²) in [6.07, 6.45) is -0.736. The Bertz CT molecular complexity index is 1390. The molecule has 2 aromatic heterocycles. The molecule has 2 nitrogen and oxygen atoms in total. The molecule has 0 aliphatic heterocycles. The van der Waals surface area contributed by atoms with Crippen LogP contribution >= 0.6 is 0 Å². The van der Waals surface area contributed by atoms with E-state index in [0.717, 1.165) is 10.8 Å².